The van der Waals surface area contributed by atoms with Gasteiger partial charge in [0.25, 0.3) is 0 Å². The standard InChI is InChI=1S/C15H22N2O3S/c1-9-7-10(2)14(11(3)8-9)21(19,20)17-12(4)15(18)16-13-5-6-13/h7-8,12-13,17H,5-6H2,1-4H3,(H,16,18). The topological polar surface area (TPSA) is 75.3 Å². The van der Waals surface area contributed by atoms with Gasteiger partial charge in [0.1, 0.15) is 0 Å². The molecule has 0 heterocycles. The van der Waals surface area contributed by atoms with Crippen molar-refractivity contribution in [2.45, 2.75) is 57.5 Å². The summed E-state index contributed by atoms with van der Waals surface area (Å²) in [6.07, 6.45) is 1.95. The van der Waals surface area contributed by atoms with Crippen LogP contribution < -0.4 is 10.0 Å². The largest absolute Gasteiger partial charge is 0.352 e. The molecule has 1 fully saturated rings. The van der Waals surface area contributed by atoms with Crippen LogP contribution in [0.2, 0.25) is 0 Å². The summed E-state index contributed by atoms with van der Waals surface area (Å²) in [5, 5.41) is 2.80. The molecule has 1 saturated carbocycles. The summed E-state index contributed by atoms with van der Waals surface area (Å²) < 4.78 is 27.5. The highest BCUT2D eigenvalue weighted by Gasteiger charge is 2.29. The molecule has 1 aliphatic rings. The van der Waals surface area contributed by atoms with E-state index in [1.165, 1.54) is 0 Å². The van der Waals surface area contributed by atoms with Crippen molar-refractivity contribution >= 4 is 15.9 Å². The minimum atomic E-state index is -3.71. The van der Waals surface area contributed by atoms with Crippen molar-refractivity contribution in [2.75, 3.05) is 0 Å². The highest BCUT2D eigenvalue weighted by molar-refractivity contribution is 7.89. The Balaban J connectivity index is 2.20. The SMILES string of the molecule is Cc1cc(C)c(S(=O)(=O)NC(C)C(=O)NC2CC2)c(C)c1. The van der Waals surface area contributed by atoms with Gasteiger partial charge >= 0.3 is 0 Å². The molecule has 0 saturated heterocycles. The lowest BCUT2D eigenvalue weighted by Crippen LogP contribution is -2.45. The Morgan fingerprint density at radius 2 is 1.71 bits per heavy atom. The third kappa shape index (κ3) is 3.83. The van der Waals surface area contributed by atoms with Crippen molar-refractivity contribution in [3.63, 3.8) is 0 Å². The minimum absolute atomic E-state index is 0.215. The fraction of sp³-hybridized carbons (Fsp3) is 0.533. The summed E-state index contributed by atoms with van der Waals surface area (Å²) in [4.78, 5) is 12.2. The Morgan fingerprint density at radius 1 is 1.19 bits per heavy atom. The maximum Gasteiger partial charge on any atom is 0.241 e. The fourth-order valence-electron chi connectivity index (χ4n) is 2.49. The molecule has 0 spiro atoms. The van der Waals surface area contributed by atoms with Crippen LogP contribution in [0.25, 0.3) is 0 Å². The van der Waals surface area contributed by atoms with Crippen molar-refractivity contribution in [3.05, 3.63) is 28.8 Å². The first-order valence-electron chi connectivity index (χ1n) is 7.11. The summed E-state index contributed by atoms with van der Waals surface area (Å²) in [7, 11) is -3.71. The molecule has 116 valence electrons. The zero-order valence-electron chi connectivity index (χ0n) is 12.9. The molecule has 1 aliphatic carbocycles. The lowest BCUT2D eigenvalue weighted by atomic mass is 10.1. The summed E-state index contributed by atoms with van der Waals surface area (Å²) in [5.41, 5.74) is 2.40. The van der Waals surface area contributed by atoms with Gasteiger partial charge < -0.3 is 5.32 Å². The molecule has 1 unspecified atom stereocenters. The number of amides is 1. The van der Waals surface area contributed by atoms with Gasteiger partial charge in [0, 0.05) is 6.04 Å². The smallest absolute Gasteiger partial charge is 0.241 e. The summed E-state index contributed by atoms with van der Waals surface area (Å²) in [6, 6.07) is 3.09. The van der Waals surface area contributed by atoms with E-state index in [4.69, 9.17) is 0 Å². The van der Waals surface area contributed by atoms with Crippen LogP contribution in [0.3, 0.4) is 0 Å². The summed E-state index contributed by atoms with van der Waals surface area (Å²) in [6.45, 7) is 7.02. The number of hydrogen-bond acceptors (Lipinski definition) is 3. The van der Waals surface area contributed by atoms with E-state index in [2.05, 4.69) is 10.0 Å². The lowest BCUT2D eigenvalue weighted by Gasteiger charge is -2.17. The number of hydrogen-bond donors (Lipinski definition) is 2. The van der Waals surface area contributed by atoms with Crippen molar-refractivity contribution in [1.82, 2.24) is 10.0 Å². The van der Waals surface area contributed by atoms with Crippen LogP contribution in [0.15, 0.2) is 17.0 Å². The van der Waals surface area contributed by atoms with E-state index in [0.29, 0.717) is 11.1 Å². The maximum atomic E-state index is 12.5. The van der Waals surface area contributed by atoms with Crippen molar-refractivity contribution in [3.8, 4) is 0 Å². The van der Waals surface area contributed by atoms with Crippen molar-refractivity contribution < 1.29 is 13.2 Å². The average molecular weight is 310 g/mol. The normalized spacial score (nSPS) is 16.6. The van der Waals surface area contributed by atoms with Crippen LogP contribution in [-0.4, -0.2) is 26.4 Å². The third-order valence-electron chi connectivity index (χ3n) is 3.52. The number of rotatable bonds is 5. The number of nitrogens with one attached hydrogen (secondary N) is 2. The molecule has 0 aromatic heterocycles. The van der Waals surface area contributed by atoms with E-state index >= 15 is 0 Å². The predicted molar refractivity (Wildman–Crippen MR) is 81.6 cm³/mol. The molecule has 0 aliphatic heterocycles. The van der Waals surface area contributed by atoms with Crippen LogP contribution in [0.4, 0.5) is 0 Å². The van der Waals surface area contributed by atoms with Crippen LogP contribution in [0, 0.1) is 20.8 Å². The Labute approximate surface area is 126 Å². The van der Waals surface area contributed by atoms with Gasteiger partial charge in [-0.25, -0.2) is 8.42 Å². The quantitative estimate of drug-likeness (QED) is 0.866. The summed E-state index contributed by atoms with van der Waals surface area (Å²) in [5.74, 6) is -0.275. The molecule has 5 nitrogen and oxygen atoms in total. The lowest BCUT2D eigenvalue weighted by molar-refractivity contribution is -0.122. The van der Waals surface area contributed by atoms with Crippen molar-refractivity contribution in [2.24, 2.45) is 0 Å². The van der Waals surface area contributed by atoms with Gasteiger partial charge in [-0.15, -0.1) is 0 Å². The molecule has 1 aromatic rings. The number of benzene rings is 1. The van der Waals surface area contributed by atoms with E-state index in [-0.39, 0.29) is 16.8 Å². The highest BCUT2D eigenvalue weighted by Crippen LogP contribution is 2.22. The molecular formula is C15H22N2O3S. The number of aryl methyl sites for hydroxylation is 3. The second kappa shape index (κ2) is 5.77. The Bertz CT molecular complexity index is 640. The first-order valence-corrected chi connectivity index (χ1v) is 8.59. The molecular weight excluding hydrogens is 288 g/mol. The molecule has 2 rings (SSSR count). The van der Waals surface area contributed by atoms with Gasteiger partial charge in [-0.1, -0.05) is 17.7 Å². The molecule has 0 bridgehead atoms. The number of sulfonamides is 1. The Hall–Kier alpha value is -1.40. The molecule has 1 amide bonds. The van der Waals surface area contributed by atoms with Crippen LogP contribution in [0.5, 0.6) is 0 Å². The zero-order chi connectivity index (χ0) is 15.8. The minimum Gasteiger partial charge on any atom is -0.352 e. The van der Waals surface area contributed by atoms with Crippen LogP contribution >= 0.6 is 0 Å². The maximum absolute atomic E-state index is 12.5. The number of carbonyl (C=O) groups excluding carboxylic acids is 1. The second-order valence-electron chi connectivity index (χ2n) is 5.85. The van der Waals surface area contributed by atoms with Crippen molar-refractivity contribution in [1.29, 1.82) is 0 Å². The van der Waals surface area contributed by atoms with E-state index in [1.807, 2.05) is 19.1 Å². The van der Waals surface area contributed by atoms with E-state index in [0.717, 1.165) is 18.4 Å². The molecule has 1 aromatic carbocycles. The molecule has 2 N–H and O–H groups in total. The number of carbonyl (C=O) groups is 1. The highest BCUT2D eigenvalue weighted by atomic mass is 32.2. The van der Waals surface area contributed by atoms with E-state index < -0.39 is 16.1 Å². The van der Waals surface area contributed by atoms with Gasteiger partial charge in [-0.05, 0) is 51.7 Å². The van der Waals surface area contributed by atoms with Crippen LogP contribution in [0.1, 0.15) is 36.5 Å². The predicted octanol–water partition coefficient (Wildman–Crippen LogP) is 1.56. The first kappa shape index (κ1) is 16.0. The zero-order valence-corrected chi connectivity index (χ0v) is 13.7. The van der Waals surface area contributed by atoms with E-state index in [1.54, 1.807) is 20.8 Å². The molecule has 6 heteroatoms. The Kier molecular flexibility index (Phi) is 4.39. The van der Waals surface area contributed by atoms with Crippen LogP contribution in [-0.2, 0) is 14.8 Å². The Morgan fingerprint density at radius 3 is 2.19 bits per heavy atom. The van der Waals surface area contributed by atoms with E-state index in [9.17, 15) is 13.2 Å². The van der Waals surface area contributed by atoms with Gasteiger partial charge in [0.2, 0.25) is 15.9 Å². The third-order valence-corrected chi connectivity index (χ3v) is 5.37. The first-order chi connectivity index (χ1) is 9.70. The fourth-order valence-corrected chi connectivity index (χ4v) is 4.15. The van der Waals surface area contributed by atoms with Gasteiger partial charge in [-0.3, -0.25) is 4.79 Å². The summed E-state index contributed by atoms with van der Waals surface area (Å²) >= 11 is 0. The second-order valence-corrected chi connectivity index (χ2v) is 7.50. The monoisotopic (exact) mass is 310 g/mol. The molecule has 1 atom stereocenters. The van der Waals surface area contributed by atoms with Gasteiger partial charge in [0.15, 0.2) is 0 Å². The molecule has 0 radical (unpaired) electrons. The average Bonchev–Trinajstić information content (AvgIpc) is 3.09. The van der Waals surface area contributed by atoms with Gasteiger partial charge in [0.05, 0.1) is 10.9 Å². The molecule has 21 heavy (non-hydrogen) atoms. The van der Waals surface area contributed by atoms with Gasteiger partial charge in [-0.2, -0.15) is 4.72 Å².